The van der Waals surface area contributed by atoms with Gasteiger partial charge in [0.2, 0.25) is 0 Å². The lowest BCUT2D eigenvalue weighted by Crippen LogP contribution is -2.38. The molecule has 0 saturated heterocycles. The average Bonchev–Trinajstić information content (AvgIpc) is 3.16. The van der Waals surface area contributed by atoms with Crippen molar-refractivity contribution in [3.05, 3.63) is 35.4 Å². The van der Waals surface area contributed by atoms with Crippen LogP contribution in [0.5, 0.6) is 0 Å². The number of carbonyl (C=O) groups is 1. The van der Waals surface area contributed by atoms with Crippen molar-refractivity contribution in [2.45, 2.75) is 44.9 Å². The van der Waals surface area contributed by atoms with Gasteiger partial charge in [-0.25, -0.2) is 0 Å². The summed E-state index contributed by atoms with van der Waals surface area (Å²) in [7, 11) is 5.36. The van der Waals surface area contributed by atoms with E-state index in [-0.39, 0.29) is 5.91 Å². The van der Waals surface area contributed by atoms with Gasteiger partial charge in [0, 0.05) is 39.8 Å². The van der Waals surface area contributed by atoms with Crippen LogP contribution in [0.2, 0.25) is 0 Å². The number of amides is 1. The first-order chi connectivity index (χ1) is 12.6. The molecule has 0 unspecified atom stereocenters. The van der Waals surface area contributed by atoms with Crippen LogP contribution in [0.25, 0.3) is 0 Å². The van der Waals surface area contributed by atoms with E-state index in [1.54, 1.807) is 19.0 Å². The summed E-state index contributed by atoms with van der Waals surface area (Å²) < 4.78 is 0. The Labute approximate surface area is 158 Å². The predicted octanol–water partition coefficient (Wildman–Crippen LogP) is 3.07. The van der Waals surface area contributed by atoms with Crippen molar-refractivity contribution in [2.75, 3.05) is 34.2 Å². The summed E-state index contributed by atoms with van der Waals surface area (Å²) in [6.07, 6.45) is 9.07. The zero-order valence-corrected chi connectivity index (χ0v) is 16.6. The number of guanidine groups is 1. The summed E-state index contributed by atoms with van der Waals surface area (Å²) in [6.45, 7) is 1.77. The van der Waals surface area contributed by atoms with Crippen LogP contribution >= 0.6 is 0 Å². The number of aliphatic imine (C=N–C) groups is 1. The highest BCUT2D eigenvalue weighted by Crippen LogP contribution is 2.28. The number of benzene rings is 1. The molecular formula is C21H34N4O. The standard InChI is InChI=1S/C21H34N4O/c1-22-21(23-14-7-11-17-8-4-5-9-17)24-15-13-18-10-6-12-19(16-18)20(26)25(2)3/h6,10,12,16-17H,4-5,7-9,11,13-15H2,1-3H3,(H2,22,23,24). The summed E-state index contributed by atoms with van der Waals surface area (Å²) in [5.41, 5.74) is 1.89. The highest BCUT2D eigenvalue weighted by atomic mass is 16.2. The van der Waals surface area contributed by atoms with Crippen molar-refractivity contribution in [2.24, 2.45) is 10.9 Å². The summed E-state index contributed by atoms with van der Waals surface area (Å²) in [4.78, 5) is 17.9. The third-order valence-electron chi connectivity index (χ3n) is 5.07. The predicted molar refractivity (Wildman–Crippen MR) is 109 cm³/mol. The Morgan fingerprint density at radius 2 is 1.92 bits per heavy atom. The lowest BCUT2D eigenvalue weighted by atomic mass is 10.0. The normalized spacial score (nSPS) is 15.1. The molecule has 5 heteroatoms. The van der Waals surface area contributed by atoms with E-state index in [2.05, 4.69) is 21.7 Å². The number of hydrogen-bond acceptors (Lipinski definition) is 2. The van der Waals surface area contributed by atoms with Crippen molar-refractivity contribution < 1.29 is 4.79 Å². The molecule has 144 valence electrons. The fraction of sp³-hybridized carbons (Fsp3) is 0.619. The minimum atomic E-state index is 0.0412. The fourth-order valence-electron chi connectivity index (χ4n) is 3.56. The van der Waals surface area contributed by atoms with Gasteiger partial charge >= 0.3 is 0 Å². The van der Waals surface area contributed by atoms with Gasteiger partial charge in [0.05, 0.1) is 0 Å². The zero-order chi connectivity index (χ0) is 18.8. The van der Waals surface area contributed by atoms with E-state index in [4.69, 9.17) is 0 Å². The second-order valence-corrected chi connectivity index (χ2v) is 7.37. The zero-order valence-electron chi connectivity index (χ0n) is 16.6. The average molecular weight is 359 g/mol. The molecule has 0 atom stereocenters. The molecule has 1 aromatic rings. The van der Waals surface area contributed by atoms with Crippen molar-refractivity contribution in [3.63, 3.8) is 0 Å². The molecule has 2 N–H and O–H groups in total. The first-order valence-corrected chi connectivity index (χ1v) is 9.85. The number of carbonyl (C=O) groups excluding carboxylic acids is 1. The fourth-order valence-corrected chi connectivity index (χ4v) is 3.56. The van der Waals surface area contributed by atoms with Crippen LogP contribution in [0.15, 0.2) is 29.3 Å². The van der Waals surface area contributed by atoms with E-state index >= 15 is 0 Å². The van der Waals surface area contributed by atoms with Crippen LogP contribution in [0.3, 0.4) is 0 Å². The second-order valence-electron chi connectivity index (χ2n) is 7.37. The summed E-state index contributed by atoms with van der Waals surface area (Å²) in [6, 6.07) is 7.85. The first kappa shape index (κ1) is 20.3. The smallest absolute Gasteiger partial charge is 0.253 e. The van der Waals surface area contributed by atoms with Gasteiger partial charge in [-0.2, -0.15) is 0 Å². The molecular weight excluding hydrogens is 324 g/mol. The van der Waals surface area contributed by atoms with E-state index < -0.39 is 0 Å². The molecule has 0 radical (unpaired) electrons. The number of hydrogen-bond donors (Lipinski definition) is 2. The van der Waals surface area contributed by atoms with Crippen molar-refractivity contribution >= 4 is 11.9 Å². The third-order valence-corrected chi connectivity index (χ3v) is 5.07. The SMILES string of the molecule is CN=C(NCCCC1CCCC1)NCCc1cccc(C(=O)N(C)C)c1. The monoisotopic (exact) mass is 358 g/mol. The van der Waals surface area contributed by atoms with Crippen LogP contribution in [0.4, 0.5) is 0 Å². The molecule has 5 nitrogen and oxygen atoms in total. The molecule has 2 rings (SSSR count). The molecule has 0 spiro atoms. The number of nitrogens with zero attached hydrogens (tertiary/aromatic N) is 2. The minimum Gasteiger partial charge on any atom is -0.356 e. The molecule has 1 aliphatic rings. The lowest BCUT2D eigenvalue weighted by Gasteiger charge is -2.14. The quantitative estimate of drug-likeness (QED) is 0.427. The van der Waals surface area contributed by atoms with Crippen molar-refractivity contribution in [3.8, 4) is 0 Å². The van der Waals surface area contributed by atoms with Crippen LogP contribution in [-0.4, -0.2) is 51.0 Å². The maximum Gasteiger partial charge on any atom is 0.253 e. The Hall–Kier alpha value is -2.04. The molecule has 0 heterocycles. The van der Waals surface area contributed by atoms with Gasteiger partial charge in [-0.05, 0) is 42.9 Å². The van der Waals surface area contributed by atoms with E-state index in [9.17, 15) is 4.79 Å². The van der Waals surface area contributed by atoms with Crippen LogP contribution in [0, 0.1) is 5.92 Å². The molecule has 1 saturated carbocycles. The highest BCUT2D eigenvalue weighted by molar-refractivity contribution is 5.94. The highest BCUT2D eigenvalue weighted by Gasteiger charge is 2.14. The molecule has 1 aromatic carbocycles. The molecule has 0 aliphatic heterocycles. The Balaban J connectivity index is 1.68. The summed E-state index contributed by atoms with van der Waals surface area (Å²) in [5.74, 6) is 1.85. The first-order valence-electron chi connectivity index (χ1n) is 9.85. The second kappa shape index (κ2) is 10.8. The van der Waals surface area contributed by atoms with Gasteiger partial charge in [-0.15, -0.1) is 0 Å². The topological polar surface area (TPSA) is 56.7 Å². The maximum atomic E-state index is 12.0. The maximum absolute atomic E-state index is 12.0. The lowest BCUT2D eigenvalue weighted by molar-refractivity contribution is 0.0827. The number of nitrogens with one attached hydrogen (secondary N) is 2. The minimum absolute atomic E-state index is 0.0412. The van der Waals surface area contributed by atoms with Gasteiger partial charge in [0.25, 0.3) is 5.91 Å². The molecule has 1 amide bonds. The van der Waals surface area contributed by atoms with Crippen LogP contribution in [0.1, 0.15) is 54.4 Å². The van der Waals surface area contributed by atoms with Crippen molar-refractivity contribution in [1.29, 1.82) is 0 Å². The largest absolute Gasteiger partial charge is 0.356 e. The van der Waals surface area contributed by atoms with E-state index in [0.29, 0.717) is 0 Å². The van der Waals surface area contributed by atoms with E-state index in [1.807, 2.05) is 25.2 Å². The van der Waals surface area contributed by atoms with Crippen molar-refractivity contribution in [1.82, 2.24) is 15.5 Å². The molecule has 1 aliphatic carbocycles. The number of rotatable bonds is 8. The van der Waals surface area contributed by atoms with Gasteiger partial charge in [0.15, 0.2) is 5.96 Å². The van der Waals surface area contributed by atoms with E-state index in [1.165, 1.54) is 38.5 Å². The Morgan fingerprint density at radius 3 is 2.62 bits per heavy atom. The van der Waals surface area contributed by atoms with Gasteiger partial charge < -0.3 is 15.5 Å². The molecule has 26 heavy (non-hydrogen) atoms. The van der Waals surface area contributed by atoms with Gasteiger partial charge in [-0.3, -0.25) is 9.79 Å². The Morgan fingerprint density at radius 1 is 1.19 bits per heavy atom. The molecule has 1 fully saturated rings. The summed E-state index contributed by atoms with van der Waals surface area (Å²) >= 11 is 0. The van der Waals surface area contributed by atoms with Crippen LogP contribution < -0.4 is 10.6 Å². The van der Waals surface area contributed by atoms with Crippen LogP contribution in [-0.2, 0) is 6.42 Å². The third kappa shape index (κ3) is 6.70. The van der Waals surface area contributed by atoms with Gasteiger partial charge in [-0.1, -0.05) is 37.8 Å². The van der Waals surface area contributed by atoms with Gasteiger partial charge in [0.1, 0.15) is 0 Å². The molecule has 0 bridgehead atoms. The Bertz CT molecular complexity index is 591. The molecule has 0 aromatic heterocycles. The Kier molecular flexibility index (Phi) is 8.45. The summed E-state index contributed by atoms with van der Waals surface area (Å²) in [5, 5.41) is 6.76. The van der Waals surface area contributed by atoms with E-state index in [0.717, 1.165) is 42.5 Å².